The highest BCUT2D eigenvalue weighted by atomic mass is 79.9. The van der Waals surface area contributed by atoms with Gasteiger partial charge in [-0.3, -0.25) is 4.79 Å². The molecule has 0 saturated heterocycles. The minimum Gasteiger partial charge on any atom is -0.267 e. The molecule has 1 unspecified atom stereocenters. The van der Waals surface area contributed by atoms with E-state index in [2.05, 4.69) is 47.2 Å². The average Bonchev–Trinajstić information content (AvgIpc) is 2.34. The van der Waals surface area contributed by atoms with Crippen LogP contribution in [0, 0.1) is 11.3 Å². The molecule has 0 radical (unpaired) electrons. The molecule has 1 aliphatic carbocycles. The van der Waals surface area contributed by atoms with Crippen molar-refractivity contribution in [1.29, 1.82) is 0 Å². The molecule has 0 spiro atoms. The number of nitrogens with one attached hydrogen (secondary N) is 1. The Morgan fingerprint density at radius 3 is 2.60 bits per heavy atom. The van der Waals surface area contributed by atoms with Crippen LogP contribution in [-0.2, 0) is 0 Å². The van der Waals surface area contributed by atoms with Gasteiger partial charge in [0.1, 0.15) is 0 Å². The van der Waals surface area contributed by atoms with E-state index in [4.69, 9.17) is 0 Å². The second kappa shape index (κ2) is 6.08. The van der Waals surface area contributed by atoms with Gasteiger partial charge in [0.05, 0.1) is 0 Å². The van der Waals surface area contributed by atoms with Crippen LogP contribution in [-0.4, -0.2) is 11.6 Å². The highest BCUT2D eigenvalue weighted by molar-refractivity contribution is 9.10. The zero-order valence-electron chi connectivity index (χ0n) is 12.2. The number of benzene rings is 1. The molecule has 1 aromatic carbocycles. The SMILES string of the molecule is CC1C/C(=N\NC(=O)c2ccc(Br)cc2)CC(C)(C)C1. The molecule has 1 fully saturated rings. The highest BCUT2D eigenvalue weighted by Crippen LogP contribution is 2.36. The lowest BCUT2D eigenvalue weighted by atomic mass is 9.72. The van der Waals surface area contributed by atoms with Crippen LogP contribution in [0.2, 0.25) is 0 Å². The summed E-state index contributed by atoms with van der Waals surface area (Å²) in [7, 11) is 0. The Bertz CT molecular complexity index is 520. The Labute approximate surface area is 129 Å². The van der Waals surface area contributed by atoms with Crippen molar-refractivity contribution in [3.8, 4) is 0 Å². The summed E-state index contributed by atoms with van der Waals surface area (Å²) in [6, 6.07) is 7.28. The van der Waals surface area contributed by atoms with Gasteiger partial charge in [0.2, 0.25) is 0 Å². The number of nitrogens with zero attached hydrogens (tertiary/aromatic N) is 1. The first-order valence-electron chi connectivity index (χ1n) is 6.97. The fourth-order valence-electron chi connectivity index (χ4n) is 3.00. The van der Waals surface area contributed by atoms with E-state index in [1.807, 2.05) is 12.1 Å². The van der Waals surface area contributed by atoms with Crippen LogP contribution in [0.15, 0.2) is 33.8 Å². The fraction of sp³-hybridized carbons (Fsp3) is 0.500. The van der Waals surface area contributed by atoms with Gasteiger partial charge in [0.25, 0.3) is 5.91 Å². The van der Waals surface area contributed by atoms with E-state index < -0.39 is 0 Å². The van der Waals surface area contributed by atoms with Crippen molar-refractivity contribution in [2.75, 3.05) is 0 Å². The first-order valence-corrected chi connectivity index (χ1v) is 7.76. The highest BCUT2D eigenvalue weighted by Gasteiger charge is 2.29. The monoisotopic (exact) mass is 336 g/mol. The van der Waals surface area contributed by atoms with Crippen molar-refractivity contribution in [1.82, 2.24) is 5.43 Å². The predicted octanol–water partition coefficient (Wildman–Crippen LogP) is 4.38. The third kappa shape index (κ3) is 4.17. The lowest BCUT2D eigenvalue weighted by molar-refractivity contribution is 0.0954. The van der Waals surface area contributed by atoms with E-state index in [-0.39, 0.29) is 11.3 Å². The Hall–Kier alpha value is -1.16. The average molecular weight is 337 g/mol. The van der Waals surface area contributed by atoms with Crippen molar-refractivity contribution in [3.05, 3.63) is 34.3 Å². The number of halogens is 1. The minimum absolute atomic E-state index is 0.152. The number of carbonyl (C=O) groups excluding carboxylic acids is 1. The molecule has 20 heavy (non-hydrogen) atoms. The van der Waals surface area contributed by atoms with E-state index in [1.54, 1.807) is 12.1 Å². The predicted molar refractivity (Wildman–Crippen MR) is 85.8 cm³/mol. The maximum atomic E-state index is 12.0. The van der Waals surface area contributed by atoms with Gasteiger partial charge in [0.15, 0.2) is 0 Å². The van der Waals surface area contributed by atoms with Crippen LogP contribution in [0.25, 0.3) is 0 Å². The Morgan fingerprint density at radius 1 is 1.35 bits per heavy atom. The molecule has 3 nitrogen and oxygen atoms in total. The number of hydrogen-bond acceptors (Lipinski definition) is 2. The van der Waals surface area contributed by atoms with Crippen LogP contribution in [0.5, 0.6) is 0 Å². The second-order valence-corrected chi connectivity index (χ2v) is 7.40. The van der Waals surface area contributed by atoms with Gasteiger partial charge in [-0.15, -0.1) is 0 Å². The zero-order chi connectivity index (χ0) is 14.8. The Kier molecular flexibility index (Phi) is 4.63. The number of carbonyl (C=O) groups is 1. The topological polar surface area (TPSA) is 41.5 Å². The van der Waals surface area contributed by atoms with Crippen LogP contribution < -0.4 is 5.43 Å². The smallest absolute Gasteiger partial charge is 0.267 e. The molecule has 1 aliphatic rings. The molecule has 108 valence electrons. The largest absolute Gasteiger partial charge is 0.271 e. The van der Waals surface area contributed by atoms with Gasteiger partial charge in [-0.25, -0.2) is 5.43 Å². The third-order valence-electron chi connectivity index (χ3n) is 3.59. The lowest BCUT2D eigenvalue weighted by Gasteiger charge is -2.34. The Morgan fingerprint density at radius 2 is 2.00 bits per heavy atom. The maximum absolute atomic E-state index is 12.0. The number of rotatable bonds is 2. The van der Waals surface area contributed by atoms with Crippen molar-refractivity contribution in [2.24, 2.45) is 16.4 Å². The molecule has 2 rings (SSSR count). The van der Waals surface area contributed by atoms with E-state index in [9.17, 15) is 4.79 Å². The summed E-state index contributed by atoms with van der Waals surface area (Å²) in [5.74, 6) is 0.475. The Balaban J connectivity index is 2.01. The quantitative estimate of drug-likeness (QED) is 0.800. The third-order valence-corrected chi connectivity index (χ3v) is 4.12. The van der Waals surface area contributed by atoms with Crippen molar-refractivity contribution in [3.63, 3.8) is 0 Å². The summed E-state index contributed by atoms with van der Waals surface area (Å²) in [6.07, 6.45) is 3.15. The molecule has 1 amide bonds. The van der Waals surface area contributed by atoms with Gasteiger partial charge in [-0.1, -0.05) is 36.7 Å². The number of amides is 1. The molecule has 1 aromatic rings. The standard InChI is InChI=1S/C16H21BrN2O/c1-11-8-14(10-16(2,3)9-11)18-19-15(20)12-4-6-13(17)7-5-12/h4-7,11H,8-10H2,1-3H3,(H,19,20)/b18-14+. The first kappa shape index (κ1) is 15.2. The summed E-state index contributed by atoms with van der Waals surface area (Å²) in [4.78, 5) is 12.0. The van der Waals surface area contributed by atoms with Crippen LogP contribution in [0.1, 0.15) is 50.4 Å². The van der Waals surface area contributed by atoms with Crippen LogP contribution >= 0.6 is 15.9 Å². The fourth-order valence-corrected chi connectivity index (χ4v) is 3.26. The first-order chi connectivity index (χ1) is 9.35. The summed E-state index contributed by atoms with van der Waals surface area (Å²) >= 11 is 3.36. The molecule has 0 heterocycles. The molecular formula is C16H21BrN2O. The van der Waals surface area contributed by atoms with Crippen LogP contribution in [0.3, 0.4) is 0 Å². The molecule has 0 bridgehead atoms. The van der Waals surface area contributed by atoms with Gasteiger partial charge < -0.3 is 0 Å². The molecule has 4 heteroatoms. The maximum Gasteiger partial charge on any atom is 0.271 e. The van der Waals surface area contributed by atoms with E-state index in [1.165, 1.54) is 6.42 Å². The molecular weight excluding hydrogens is 316 g/mol. The van der Waals surface area contributed by atoms with Gasteiger partial charge in [-0.05, 0) is 54.9 Å². The number of hydrogen-bond donors (Lipinski definition) is 1. The molecule has 0 aromatic heterocycles. The van der Waals surface area contributed by atoms with Crippen molar-refractivity contribution in [2.45, 2.75) is 40.0 Å². The van der Waals surface area contributed by atoms with Crippen molar-refractivity contribution >= 4 is 27.5 Å². The minimum atomic E-state index is -0.152. The van der Waals surface area contributed by atoms with Crippen LogP contribution in [0.4, 0.5) is 0 Å². The summed E-state index contributed by atoms with van der Waals surface area (Å²) in [5, 5.41) is 4.33. The molecule has 1 N–H and O–H groups in total. The summed E-state index contributed by atoms with van der Waals surface area (Å²) < 4.78 is 0.961. The van der Waals surface area contributed by atoms with Gasteiger partial charge >= 0.3 is 0 Å². The van der Waals surface area contributed by atoms with Gasteiger partial charge in [0, 0.05) is 15.7 Å². The second-order valence-electron chi connectivity index (χ2n) is 6.48. The van der Waals surface area contributed by atoms with E-state index in [0.717, 1.165) is 23.0 Å². The van der Waals surface area contributed by atoms with Gasteiger partial charge in [-0.2, -0.15) is 5.10 Å². The molecule has 1 atom stereocenters. The molecule has 1 saturated carbocycles. The van der Waals surface area contributed by atoms with E-state index >= 15 is 0 Å². The lowest BCUT2D eigenvalue weighted by Crippen LogP contribution is -2.30. The molecule has 0 aliphatic heterocycles. The van der Waals surface area contributed by atoms with Crippen molar-refractivity contribution < 1.29 is 4.79 Å². The zero-order valence-corrected chi connectivity index (χ0v) is 13.8. The summed E-state index contributed by atoms with van der Waals surface area (Å²) in [5.41, 5.74) is 4.68. The number of hydrazone groups is 1. The van der Waals surface area contributed by atoms with E-state index in [0.29, 0.717) is 11.5 Å². The normalized spacial score (nSPS) is 23.6. The summed E-state index contributed by atoms with van der Waals surface area (Å²) in [6.45, 7) is 6.76.